The molecular formula is C8H13Br2ClO2. The Kier molecular flexibility index (Phi) is 4.10. The predicted octanol–water partition coefficient (Wildman–Crippen LogP) is 3.25. The van der Waals surface area contributed by atoms with E-state index in [1.165, 1.54) is 0 Å². The van der Waals surface area contributed by atoms with Crippen molar-refractivity contribution >= 4 is 43.5 Å². The number of alkyl halides is 3. The number of halogens is 3. The van der Waals surface area contributed by atoms with E-state index >= 15 is 0 Å². The van der Waals surface area contributed by atoms with Gasteiger partial charge in [-0.1, -0.05) is 31.9 Å². The van der Waals surface area contributed by atoms with Gasteiger partial charge in [-0.3, -0.25) is 0 Å². The van der Waals surface area contributed by atoms with E-state index in [-0.39, 0.29) is 9.52 Å². The Morgan fingerprint density at radius 3 is 1.92 bits per heavy atom. The van der Waals surface area contributed by atoms with E-state index in [1.807, 2.05) is 13.8 Å². The van der Waals surface area contributed by atoms with Gasteiger partial charge in [-0.15, -0.1) is 11.6 Å². The topological polar surface area (TPSA) is 18.5 Å². The molecule has 0 heterocycles. The van der Waals surface area contributed by atoms with Gasteiger partial charge in [0.05, 0.1) is 0 Å². The lowest BCUT2D eigenvalue weighted by atomic mass is 10.4. The van der Waals surface area contributed by atoms with Crippen LogP contribution in [-0.2, 0) is 9.47 Å². The maximum Gasteiger partial charge on any atom is 0.178 e. The Morgan fingerprint density at radius 1 is 1.31 bits per heavy atom. The van der Waals surface area contributed by atoms with E-state index in [1.54, 1.807) is 0 Å². The van der Waals surface area contributed by atoms with Gasteiger partial charge in [-0.2, -0.15) is 0 Å². The van der Waals surface area contributed by atoms with Crippen LogP contribution in [0, 0.1) is 0 Å². The van der Waals surface area contributed by atoms with Gasteiger partial charge >= 0.3 is 0 Å². The second-order valence-electron chi connectivity index (χ2n) is 2.99. The maximum atomic E-state index is 6.32. The van der Waals surface area contributed by atoms with Gasteiger partial charge < -0.3 is 9.47 Å². The highest BCUT2D eigenvalue weighted by atomic mass is 79.9. The Morgan fingerprint density at radius 2 is 1.69 bits per heavy atom. The molecule has 0 saturated heterocycles. The lowest BCUT2D eigenvalue weighted by Crippen LogP contribution is -2.33. The summed E-state index contributed by atoms with van der Waals surface area (Å²) in [6, 6.07) is 0. The normalized spacial score (nSPS) is 30.9. The minimum absolute atomic E-state index is 0.233. The molecule has 1 aliphatic rings. The molecule has 0 N–H and O–H groups in total. The fourth-order valence-corrected chi connectivity index (χ4v) is 3.06. The molecule has 2 nitrogen and oxygen atoms in total. The zero-order valence-electron chi connectivity index (χ0n) is 7.65. The summed E-state index contributed by atoms with van der Waals surface area (Å²) < 4.78 is 10.6. The molecule has 5 heteroatoms. The second-order valence-corrected chi connectivity index (χ2v) is 7.43. The van der Waals surface area contributed by atoms with Crippen molar-refractivity contribution in [2.24, 2.45) is 0 Å². The number of rotatable bonds is 5. The van der Waals surface area contributed by atoms with Gasteiger partial charge in [-0.05, 0) is 13.8 Å². The van der Waals surface area contributed by atoms with Crippen molar-refractivity contribution in [2.45, 2.75) is 34.7 Å². The Balaban J connectivity index is 2.56. The molecule has 1 unspecified atom stereocenters. The van der Waals surface area contributed by atoms with Crippen molar-refractivity contribution in [3.05, 3.63) is 0 Å². The van der Waals surface area contributed by atoms with Gasteiger partial charge in [0.1, 0.15) is 8.11 Å². The second kappa shape index (κ2) is 4.35. The molecule has 1 saturated carbocycles. The highest BCUT2D eigenvalue weighted by Crippen LogP contribution is 2.66. The summed E-state index contributed by atoms with van der Waals surface area (Å²) in [5.74, 6) is 0. The molecule has 13 heavy (non-hydrogen) atoms. The Labute approximate surface area is 101 Å². The smallest absolute Gasteiger partial charge is 0.178 e. The van der Waals surface area contributed by atoms with Crippen molar-refractivity contribution in [2.75, 3.05) is 13.2 Å². The quantitative estimate of drug-likeness (QED) is 0.567. The monoisotopic (exact) mass is 334 g/mol. The highest BCUT2D eigenvalue weighted by molar-refractivity contribution is 9.25. The molecule has 1 rings (SSSR count). The van der Waals surface area contributed by atoms with Crippen LogP contribution in [0.1, 0.15) is 20.3 Å². The molecule has 0 radical (unpaired) electrons. The SMILES string of the molecule is CCOC(OCC)C1(Cl)CC1(Br)Br. The average molecular weight is 336 g/mol. The molecule has 1 aliphatic carbocycles. The summed E-state index contributed by atoms with van der Waals surface area (Å²) in [6.07, 6.45) is 0.453. The van der Waals surface area contributed by atoms with E-state index in [9.17, 15) is 0 Å². The Bertz CT molecular complexity index is 183. The largest absolute Gasteiger partial charge is 0.351 e. The van der Waals surface area contributed by atoms with E-state index < -0.39 is 4.87 Å². The minimum atomic E-state index is -0.473. The summed E-state index contributed by atoms with van der Waals surface area (Å²) in [5.41, 5.74) is 0. The molecule has 1 atom stereocenters. The lowest BCUT2D eigenvalue weighted by Gasteiger charge is -2.23. The molecule has 0 aromatic rings. The van der Waals surface area contributed by atoms with Gasteiger partial charge in [0, 0.05) is 19.6 Å². The van der Waals surface area contributed by atoms with Crippen LogP contribution >= 0.6 is 43.5 Å². The van der Waals surface area contributed by atoms with Crippen molar-refractivity contribution in [1.82, 2.24) is 0 Å². The zero-order chi connectivity index (χ0) is 10.1. The lowest BCUT2D eigenvalue weighted by molar-refractivity contribution is -0.141. The molecule has 0 bridgehead atoms. The van der Waals surface area contributed by atoms with Crippen molar-refractivity contribution in [3.63, 3.8) is 0 Å². The molecule has 1 fully saturated rings. The molecular weight excluding hydrogens is 323 g/mol. The fourth-order valence-electron chi connectivity index (χ4n) is 1.15. The zero-order valence-corrected chi connectivity index (χ0v) is 11.6. The summed E-state index contributed by atoms with van der Waals surface area (Å²) >= 11 is 13.3. The predicted molar refractivity (Wildman–Crippen MR) is 60.8 cm³/mol. The van der Waals surface area contributed by atoms with Crippen LogP contribution in [0.2, 0.25) is 0 Å². The highest BCUT2D eigenvalue weighted by Gasteiger charge is 2.69. The maximum absolute atomic E-state index is 6.32. The van der Waals surface area contributed by atoms with Crippen LogP contribution in [0.25, 0.3) is 0 Å². The van der Waals surface area contributed by atoms with Crippen LogP contribution in [0.5, 0.6) is 0 Å². The van der Waals surface area contributed by atoms with E-state index in [2.05, 4.69) is 31.9 Å². The van der Waals surface area contributed by atoms with Gasteiger partial charge in [-0.25, -0.2) is 0 Å². The first kappa shape index (κ1) is 12.2. The minimum Gasteiger partial charge on any atom is -0.351 e. The van der Waals surface area contributed by atoms with Gasteiger partial charge in [0.25, 0.3) is 0 Å². The third-order valence-corrected chi connectivity index (χ3v) is 5.04. The molecule has 0 amide bonds. The van der Waals surface area contributed by atoms with E-state index in [0.717, 1.165) is 6.42 Å². The van der Waals surface area contributed by atoms with Crippen LogP contribution in [0.3, 0.4) is 0 Å². The van der Waals surface area contributed by atoms with Crippen LogP contribution in [0.4, 0.5) is 0 Å². The van der Waals surface area contributed by atoms with Crippen LogP contribution in [-0.4, -0.2) is 27.6 Å². The first-order valence-electron chi connectivity index (χ1n) is 4.28. The number of ether oxygens (including phenoxy) is 2. The number of hydrogen-bond donors (Lipinski definition) is 0. The molecule has 0 aliphatic heterocycles. The molecule has 78 valence electrons. The average Bonchev–Trinajstić information content (AvgIpc) is 2.52. The summed E-state index contributed by atoms with van der Waals surface area (Å²) in [6.45, 7) is 5.07. The van der Waals surface area contributed by atoms with Gasteiger partial charge in [0.2, 0.25) is 0 Å². The molecule has 0 aromatic heterocycles. The summed E-state index contributed by atoms with van der Waals surface area (Å²) in [7, 11) is 0. The summed E-state index contributed by atoms with van der Waals surface area (Å²) in [5, 5.41) is 0. The van der Waals surface area contributed by atoms with Crippen LogP contribution < -0.4 is 0 Å². The first-order valence-corrected chi connectivity index (χ1v) is 6.24. The third kappa shape index (κ3) is 2.40. The van der Waals surface area contributed by atoms with Crippen molar-refractivity contribution < 1.29 is 9.47 Å². The standard InChI is InChI=1S/C8H13Br2ClO2/c1-3-12-6(13-4-2)7(11)5-8(7,9)10/h6H,3-5H2,1-2H3. The molecule has 0 spiro atoms. The van der Waals surface area contributed by atoms with Gasteiger partial charge in [0.15, 0.2) is 6.29 Å². The van der Waals surface area contributed by atoms with E-state index in [4.69, 9.17) is 21.1 Å². The first-order chi connectivity index (χ1) is 5.98. The third-order valence-electron chi connectivity index (χ3n) is 1.97. The fraction of sp³-hybridized carbons (Fsp3) is 1.00. The Hall–Kier alpha value is 1.17. The van der Waals surface area contributed by atoms with Crippen molar-refractivity contribution in [1.29, 1.82) is 0 Å². The van der Waals surface area contributed by atoms with Crippen molar-refractivity contribution in [3.8, 4) is 0 Å². The van der Waals surface area contributed by atoms with Crippen LogP contribution in [0.15, 0.2) is 0 Å². The molecule has 0 aromatic carbocycles. The summed E-state index contributed by atoms with van der Waals surface area (Å²) in [4.78, 5) is -0.473. The van der Waals surface area contributed by atoms with E-state index in [0.29, 0.717) is 13.2 Å². The number of hydrogen-bond acceptors (Lipinski definition) is 2.